The molecular weight excluding hydrogens is 224 g/mol. The molecule has 1 N–H and O–H groups in total. The van der Waals surface area contributed by atoms with E-state index < -0.39 is 9.84 Å². The lowest BCUT2D eigenvalue weighted by Crippen LogP contribution is -2.50. The van der Waals surface area contributed by atoms with Crippen LogP contribution >= 0.6 is 0 Å². The summed E-state index contributed by atoms with van der Waals surface area (Å²) in [6.07, 6.45) is 3.73. The van der Waals surface area contributed by atoms with Gasteiger partial charge in [-0.15, -0.1) is 0 Å². The van der Waals surface area contributed by atoms with Crippen LogP contribution in [0.1, 0.15) is 26.2 Å². The van der Waals surface area contributed by atoms with Crippen LogP contribution in [0.5, 0.6) is 0 Å². The van der Waals surface area contributed by atoms with Crippen LogP contribution in [-0.4, -0.2) is 56.5 Å². The summed E-state index contributed by atoms with van der Waals surface area (Å²) >= 11 is 0. The number of hydrogen-bond acceptors (Lipinski definition) is 4. The van der Waals surface area contributed by atoms with Crippen molar-refractivity contribution in [3.8, 4) is 0 Å². The van der Waals surface area contributed by atoms with Gasteiger partial charge in [0.2, 0.25) is 0 Å². The number of likely N-dealkylation sites (N-methyl/N-ethyl adjacent to an activating group) is 1. The Labute approximate surface area is 98.3 Å². The zero-order valence-corrected chi connectivity index (χ0v) is 10.8. The molecule has 0 aromatic rings. The van der Waals surface area contributed by atoms with Gasteiger partial charge in [-0.3, -0.25) is 4.90 Å². The summed E-state index contributed by atoms with van der Waals surface area (Å²) in [4.78, 5) is 2.38. The third-order valence-corrected chi connectivity index (χ3v) is 5.37. The molecule has 5 heteroatoms. The first-order chi connectivity index (χ1) is 7.62. The Balaban J connectivity index is 2.05. The number of hydrogen-bond donors (Lipinski definition) is 1. The summed E-state index contributed by atoms with van der Waals surface area (Å²) in [5, 5.41) is 3.33. The molecule has 2 rings (SSSR count). The first kappa shape index (κ1) is 12.3. The second-order valence-electron chi connectivity index (χ2n) is 4.91. The Hall–Kier alpha value is -0.130. The van der Waals surface area contributed by atoms with Crippen molar-refractivity contribution in [3.63, 3.8) is 0 Å². The van der Waals surface area contributed by atoms with Crippen LogP contribution in [0, 0.1) is 0 Å². The summed E-state index contributed by atoms with van der Waals surface area (Å²) in [5.74, 6) is 0.673. The lowest BCUT2D eigenvalue weighted by Gasteiger charge is -2.35. The SMILES string of the molecule is CCN[C@H]1CS(=O)(=O)C[C@H]1N1CCCCC1. The Bertz CT molecular complexity index is 323. The highest BCUT2D eigenvalue weighted by Crippen LogP contribution is 2.22. The molecule has 2 saturated heterocycles. The van der Waals surface area contributed by atoms with Crippen molar-refractivity contribution in [1.82, 2.24) is 10.2 Å². The van der Waals surface area contributed by atoms with Crippen LogP contribution in [0.15, 0.2) is 0 Å². The average molecular weight is 246 g/mol. The molecule has 0 saturated carbocycles. The summed E-state index contributed by atoms with van der Waals surface area (Å²) in [5.41, 5.74) is 0. The maximum absolute atomic E-state index is 11.7. The Morgan fingerprint density at radius 3 is 2.50 bits per heavy atom. The van der Waals surface area contributed by atoms with Crippen LogP contribution in [0.25, 0.3) is 0 Å². The van der Waals surface area contributed by atoms with Gasteiger partial charge in [-0.05, 0) is 32.5 Å². The van der Waals surface area contributed by atoms with Gasteiger partial charge in [0.15, 0.2) is 9.84 Å². The summed E-state index contributed by atoms with van der Waals surface area (Å²) < 4.78 is 23.4. The van der Waals surface area contributed by atoms with Crippen molar-refractivity contribution in [3.05, 3.63) is 0 Å². The first-order valence-corrected chi connectivity index (χ1v) is 8.12. The fraction of sp³-hybridized carbons (Fsp3) is 1.00. The topological polar surface area (TPSA) is 49.4 Å². The van der Waals surface area contributed by atoms with Gasteiger partial charge in [0.25, 0.3) is 0 Å². The van der Waals surface area contributed by atoms with Crippen molar-refractivity contribution < 1.29 is 8.42 Å². The predicted molar refractivity (Wildman–Crippen MR) is 65.3 cm³/mol. The van der Waals surface area contributed by atoms with E-state index in [0.29, 0.717) is 11.5 Å². The monoisotopic (exact) mass is 246 g/mol. The van der Waals surface area contributed by atoms with Crippen LogP contribution in [0.4, 0.5) is 0 Å². The molecule has 0 bridgehead atoms. The number of sulfone groups is 1. The van der Waals surface area contributed by atoms with E-state index in [-0.39, 0.29) is 12.1 Å². The fourth-order valence-electron chi connectivity index (χ4n) is 2.90. The standard InChI is InChI=1S/C11H22N2O2S/c1-2-12-10-8-16(14,15)9-11(10)13-6-4-3-5-7-13/h10-12H,2-9H2,1H3/t10-,11+/m0/s1. The van der Waals surface area contributed by atoms with Gasteiger partial charge in [-0.1, -0.05) is 13.3 Å². The van der Waals surface area contributed by atoms with Crippen molar-refractivity contribution in [2.75, 3.05) is 31.1 Å². The predicted octanol–water partition coefficient (Wildman–Crippen LogP) is 0.247. The zero-order chi connectivity index (χ0) is 11.6. The molecule has 94 valence electrons. The van der Waals surface area contributed by atoms with E-state index in [1.807, 2.05) is 6.92 Å². The molecule has 0 amide bonds. The lowest BCUT2D eigenvalue weighted by atomic mass is 10.1. The molecule has 0 aromatic heterocycles. The first-order valence-electron chi connectivity index (χ1n) is 6.30. The van der Waals surface area contributed by atoms with Gasteiger partial charge in [-0.2, -0.15) is 0 Å². The van der Waals surface area contributed by atoms with Gasteiger partial charge in [0.05, 0.1) is 11.5 Å². The van der Waals surface area contributed by atoms with E-state index in [1.54, 1.807) is 0 Å². The highest BCUT2D eigenvalue weighted by Gasteiger charge is 2.40. The quantitative estimate of drug-likeness (QED) is 0.775. The maximum atomic E-state index is 11.7. The van der Waals surface area contributed by atoms with E-state index in [4.69, 9.17) is 0 Å². The van der Waals surface area contributed by atoms with E-state index in [1.165, 1.54) is 19.3 Å². The van der Waals surface area contributed by atoms with Gasteiger partial charge < -0.3 is 5.32 Å². The van der Waals surface area contributed by atoms with Crippen LogP contribution < -0.4 is 5.32 Å². The molecule has 0 unspecified atom stereocenters. The maximum Gasteiger partial charge on any atom is 0.153 e. The van der Waals surface area contributed by atoms with Gasteiger partial charge in [0, 0.05) is 12.1 Å². The van der Waals surface area contributed by atoms with E-state index in [2.05, 4.69) is 10.2 Å². The molecule has 2 fully saturated rings. The van der Waals surface area contributed by atoms with Gasteiger partial charge in [0.1, 0.15) is 0 Å². The molecule has 0 aromatic carbocycles. The zero-order valence-electron chi connectivity index (χ0n) is 9.98. The smallest absolute Gasteiger partial charge is 0.153 e. The van der Waals surface area contributed by atoms with Gasteiger partial charge in [-0.25, -0.2) is 8.42 Å². The summed E-state index contributed by atoms with van der Waals surface area (Å²) in [6.45, 7) is 5.03. The molecule has 0 aliphatic carbocycles. The number of rotatable bonds is 3. The number of nitrogens with one attached hydrogen (secondary N) is 1. The van der Waals surface area contributed by atoms with Crippen molar-refractivity contribution in [2.45, 2.75) is 38.3 Å². The minimum absolute atomic E-state index is 0.146. The Morgan fingerprint density at radius 1 is 1.19 bits per heavy atom. The molecule has 0 spiro atoms. The highest BCUT2D eigenvalue weighted by atomic mass is 32.2. The molecule has 2 heterocycles. The van der Waals surface area contributed by atoms with Crippen LogP contribution in [-0.2, 0) is 9.84 Å². The summed E-state index contributed by atoms with van der Waals surface area (Å²) in [6, 6.07) is 0.360. The molecule has 2 atom stereocenters. The van der Waals surface area contributed by atoms with Crippen molar-refractivity contribution in [1.29, 1.82) is 0 Å². The van der Waals surface area contributed by atoms with Crippen molar-refractivity contribution >= 4 is 9.84 Å². The molecule has 16 heavy (non-hydrogen) atoms. The number of nitrogens with zero attached hydrogens (tertiary/aromatic N) is 1. The summed E-state index contributed by atoms with van der Waals surface area (Å²) in [7, 11) is -2.82. The fourth-order valence-corrected chi connectivity index (χ4v) is 4.88. The lowest BCUT2D eigenvalue weighted by molar-refractivity contribution is 0.156. The highest BCUT2D eigenvalue weighted by molar-refractivity contribution is 7.91. The second-order valence-corrected chi connectivity index (χ2v) is 7.06. The van der Waals surface area contributed by atoms with Crippen LogP contribution in [0.2, 0.25) is 0 Å². The molecular formula is C11H22N2O2S. The minimum atomic E-state index is -2.82. The second kappa shape index (κ2) is 5.02. The van der Waals surface area contributed by atoms with Crippen LogP contribution in [0.3, 0.4) is 0 Å². The van der Waals surface area contributed by atoms with E-state index in [0.717, 1.165) is 19.6 Å². The minimum Gasteiger partial charge on any atom is -0.312 e. The molecule has 2 aliphatic heterocycles. The number of piperidine rings is 1. The molecule has 4 nitrogen and oxygen atoms in total. The normalized spacial score (nSPS) is 35.3. The largest absolute Gasteiger partial charge is 0.312 e. The molecule has 2 aliphatic rings. The average Bonchev–Trinajstić information content (AvgIpc) is 2.56. The Morgan fingerprint density at radius 2 is 1.88 bits per heavy atom. The van der Waals surface area contributed by atoms with Gasteiger partial charge >= 0.3 is 0 Å². The molecule has 0 radical (unpaired) electrons. The van der Waals surface area contributed by atoms with E-state index in [9.17, 15) is 8.42 Å². The number of likely N-dealkylation sites (tertiary alicyclic amines) is 1. The van der Waals surface area contributed by atoms with Crippen molar-refractivity contribution in [2.24, 2.45) is 0 Å². The van der Waals surface area contributed by atoms with E-state index >= 15 is 0 Å². The third-order valence-electron chi connectivity index (χ3n) is 3.65. The Kier molecular flexibility index (Phi) is 3.87. The third kappa shape index (κ3) is 2.76.